The van der Waals surface area contributed by atoms with Crippen molar-refractivity contribution in [3.8, 4) is 11.3 Å². The molecular formula is C17H14N2OS. The molecule has 3 nitrogen and oxygen atoms in total. The Balaban J connectivity index is 2.13. The molecule has 2 aromatic carbocycles. The number of nitrogens with zero attached hydrogens (tertiary/aromatic N) is 2. The van der Waals surface area contributed by atoms with Crippen LogP contribution >= 0.6 is 11.8 Å². The van der Waals surface area contributed by atoms with Crippen LogP contribution in [0.5, 0.6) is 0 Å². The molecule has 3 rings (SSSR count). The van der Waals surface area contributed by atoms with E-state index in [0.717, 1.165) is 27.1 Å². The van der Waals surface area contributed by atoms with Gasteiger partial charge in [0.25, 0.3) is 0 Å². The van der Waals surface area contributed by atoms with Crippen LogP contribution in [0.3, 0.4) is 0 Å². The number of carbonyl (C=O) groups excluding carboxylic acids is 1. The van der Waals surface area contributed by atoms with Gasteiger partial charge in [0, 0.05) is 16.3 Å². The van der Waals surface area contributed by atoms with Crippen LogP contribution in [0, 0.1) is 0 Å². The van der Waals surface area contributed by atoms with Crippen molar-refractivity contribution in [2.24, 2.45) is 0 Å². The highest BCUT2D eigenvalue weighted by atomic mass is 32.2. The summed E-state index contributed by atoms with van der Waals surface area (Å²) in [5, 5.41) is 11.6. The summed E-state index contributed by atoms with van der Waals surface area (Å²) in [6.45, 7) is 1.58. The van der Waals surface area contributed by atoms with Gasteiger partial charge in [-0.05, 0) is 6.92 Å². The lowest BCUT2D eigenvalue weighted by atomic mass is 10.1. The summed E-state index contributed by atoms with van der Waals surface area (Å²) in [7, 11) is 0. The van der Waals surface area contributed by atoms with Crippen LogP contribution in [-0.2, 0) is 4.79 Å². The quantitative estimate of drug-likeness (QED) is 0.683. The van der Waals surface area contributed by atoms with E-state index in [2.05, 4.69) is 10.2 Å². The fraction of sp³-hybridized carbons (Fsp3) is 0.118. The molecule has 0 fully saturated rings. The highest BCUT2D eigenvalue weighted by Crippen LogP contribution is 2.31. The highest BCUT2D eigenvalue weighted by molar-refractivity contribution is 8.00. The minimum absolute atomic E-state index is 0.137. The van der Waals surface area contributed by atoms with Gasteiger partial charge < -0.3 is 0 Å². The van der Waals surface area contributed by atoms with Gasteiger partial charge in [-0.2, -0.15) is 0 Å². The van der Waals surface area contributed by atoms with Crippen molar-refractivity contribution < 1.29 is 4.79 Å². The van der Waals surface area contributed by atoms with E-state index in [1.54, 1.807) is 6.92 Å². The zero-order chi connectivity index (χ0) is 14.7. The van der Waals surface area contributed by atoms with Crippen LogP contribution in [0.15, 0.2) is 59.6 Å². The first-order valence-corrected chi connectivity index (χ1v) is 7.67. The summed E-state index contributed by atoms with van der Waals surface area (Å²) in [5.41, 5.74) is 1.92. The van der Waals surface area contributed by atoms with Crippen molar-refractivity contribution in [3.63, 3.8) is 0 Å². The van der Waals surface area contributed by atoms with Crippen LogP contribution in [0.25, 0.3) is 22.0 Å². The van der Waals surface area contributed by atoms with Gasteiger partial charge in [-0.1, -0.05) is 66.4 Å². The van der Waals surface area contributed by atoms with Gasteiger partial charge in [0.1, 0.15) is 16.5 Å². The molecule has 0 atom stereocenters. The van der Waals surface area contributed by atoms with Crippen LogP contribution in [0.2, 0.25) is 0 Å². The number of carbonyl (C=O) groups is 1. The Morgan fingerprint density at radius 3 is 2.33 bits per heavy atom. The Morgan fingerprint density at radius 1 is 0.952 bits per heavy atom. The molecule has 4 heteroatoms. The first-order valence-electron chi connectivity index (χ1n) is 6.69. The predicted molar refractivity (Wildman–Crippen MR) is 86.4 cm³/mol. The average molecular weight is 294 g/mol. The summed E-state index contributed by atoms with van der Waals surface area (Å²) in [5.74, 6) is 0.557. The van der Waals surface area contributed by atoms with Crippen molar-refractivity contribution in [1.29, 1.82) is 0 Å². The van der Waals surface area contributed by atoms with Gasteiger partial charge >= 0.3 is 0 Å². The van der Waals surface area contributed by atoms with Crippen molar-refractivity contribution >= 4 is 28.3 Å². The van der Waals surface area contributed by atoms with Crippen LogP contribution in [-0.4, -0.2) is 21.7 Å². The van der Waals surface area contributed by atoms with E-state index in [4.69, 9.17) is 0 Å². The molecule has 21 heavy (non-hydrogen) atoms. The number of hydrogen-bond acceptors (Lipinski definition) is 4. The van der Waals surface area contributed by atoms with E-state index < -0.39 is 0 Å². The van der Waals surface area contributed by atoms with Gasteiger partial charge in [-0.3, -0.25) is 4.79 Å². The van der Waals surface area contributed by atoms with E-state index >= 15 is 0 Å². The Morgan fingerprint density at radius 2 is 1.62 bits per heavy atom. The number of fused-ring (bicyclic) bond motifs is 1. The minimum atomic E-state index is 0.137. The Labute approximate surface area is 127 Å². The lowest BCUT2D eigenvalue weighted by Gasteiger charge is -2.08. The van der Waals surface area contributed by atoms with E-state index in [1.165, 1.54) is 11.8 Å². The number of ketones is 1. The summed E-state index contributed by atoms with van der Waals surface area (Å²) in [6, 6.07) is 18.1. The minimum Gasteiger partial charge on any atom is -0.299 e. The van der Waals surface area contributed by atoms with E-state index in [0.29, 0.717) is 5.75 Å². The third kappa shape index (κ3) is 2.95. The molecule has 3 aromatic rings. The van der Waals surface area contributed by atoms with Crippen molar-refractivity contribution in [2.75, 3.05) is 5.75 Å². The molecule has 0 spiro atoms. The number of thioether (sulfide) groups is 1. The number of hydrogen-bond donors (Lipinski definition) is 0. The second kappa shape index (κ2) is 6.06. The standard InChI is InChI=1S/C17H14N2OS/c1-12(20)11-21-17-15-10-6-5-9-14(15)16(18-19-17)13-7-3-2-4-8-13/h2-10H,11H2,1H3. The lowest BCUT2D eigenvalue weighted by molar-refractivity contribution is -0.114. The summed E-state index contributed by atoms with van der Waals surface area (Å²) in [6.07, 6.45) is 0. The largest absolute Gasteiger partial charge is 0.299 e. The number of benzene rings is 2. The number of aromatic nitrogens is 2. The Hall–Kier alpha value is -2.20. The second-order valence-electron chi connectivity index (χ2n) is 4.76. The van der Waals surface area contributed by atoms with E-state index in [-0.39, 0.29) is 5.78 Å². The molecule has 0 amide bonds. The smallest absolute Gasteiger partial charge is 0.140 e. The molecule has 104 valence electrons. The van der Waals surface area contributed by atoms with Crippen LogP contribution in [0.4, 0.5) is 0 Å². The molecule has 0 saturated carbocycles. The monoisotopic (exact) mass is 294 g/mol. The van der Waals surface area contributed by atoms with Crippen LogP contribution in [0.1, 0.15) is 6.92 Å². The Kier molecular flexibility index (Phi) is 3.97. The highest BCUT2D eigenvalue weighted by Gasteiger charge is 2.11. The molecule has 0 aliphatic rings. The zero-order valence-corrected chi connectivity index (χ0v) is 12.4. The molecule has 0 aliphatic carbocycles. The topological polar surface area (TPSA) is 42.9 Å². The Bertz CT molecular complexity index is 787. The van der Waals surface area contributed by atoms with E-state index in [1.807, 2.05) is 54.6 Å². The molecular weight excluding hydrogens is 280 g/mol. The van der Waals surface area contributed by atoms with Crippen LogP contribution < -0.4 is 0 Å². The van der Waals surface area contributed by atoms with Crippen molar-refractivity contribution in [1.82, 2.24) is 10.2 Å². The normalized spacial score (nSPS) is 10.7. The lowest BCUT2D eigenvalue weighted by Crippen LogP contribution is -1.97. The predicted octanol–water partition coefficient (Wildman–Crippen LogP) is 3.98. The third-order valence-electron chi connectivity index (χ3n) is 3.11. The average Bonchev–Trinajstić information content (AvgIpc) is 2.53. The van der Waals surface area contributed by atoms with Crippen molar-refractivity contribution in [2.45, 2.75) is 11.9 Å². The van der Waals surface area contributed by atoms with Gasteiger partial charge in [-0.25, -0.2) is 0 Å². The molecule has 0 unspecified atom stereocenters. The summed E-state index contributed by atoms with van der Waals surface area (Å²) < 4.78 is 0. The van der Waals surface area contributed by atoms with Crippen molar-refractivity contribution in [3.05, 3.63) is 54.6 Å². The zero-order valence-electron chi connectivity index (χ0n) is 11.6. The molecule has 0 saturated heterocycles. The maximum atomic E-state index is 11.2. The van der Waals surface area contributed by atoms with Gasteiger partial charge in [0.15, 0.2) is 0 Å². The number of Topliss-reactive ketones (excluding diaryl/α,β-unsaturated/α-hetero) is 1. The summed E-state index contributed by atoms with van der Waals surface area (Å²) >= 11 is 1.44. The molecule has 0 radical (unpaired) electrons. The molecule has 1 heterocycles. The third-order valence-corrected chi connectivity index (χ3v) is 4.24. The SMILES string of the molecule is CC(=O)CSc1nnc(-c2ccccc2)c2ccccc12. The maximum absolute atomic E-state index is 11.2. The molecule has 0 aliphatic heterocycles. The molecule has 0 bridgehead atoms. The summed E-state index contributed by atoms with van der Waals surface area (Å²) in [4.78, 5) is 11.2. The molecule has 0 N–H and O–H groups in total. The van der Waals surface area contributed by atoms with Gasteiger partial charge in [-0.15, -0.1) is 10.2 Å². The molecule has 1 aromatic heterocycles. The van der Waals surface area contributed by atoms with Gasteiger partial charge in [0.2, 0.25) is 0 Å². The fourth-order valence-corrected chi connectivity index (χ4v) is 2.94. The number of rotatable bonds is 4. The first-order chi connectivity index (χ1) is 10.3. The van der Waals surface area contributed by atoms with E-state index in [9.17, 15) is 4.79 Å². The fourth-order valence-electron chi connectivity index (χ4n) is 2.17. The first kappa shape index (κ1) is 13.8. The van der Waals surface area contributed by atoms with Gasteiger partial charge in [0.05, 0.1) is 5.75 Å². The second-order valence-corrected chi connectivity index (χ2v) is 5.72. The maximum Gasteiger partial charge on any atom is 0.140 e.